The predicted molar refractivity (Wildman–Crippen MR) is 78.9 cm³/mol. The first-order valence-electron chi connectivity index (χ1n) is 5.03. The molecule has 2 rings (SSSR count). The molecule has 0 atom stereocenters. The standard InChI is InChI=1S/C11H9Br2FN2OS/c1-11(2,13)9(17)16-10-15-8-6(14)3-5(12)4-7(8)18-10/h3-4H,1-2H3,(H,15,16,17). The average Bonchev–Trinajstić information content (AvgIpc) is 2.58. The van der Waals surface area contributed by atoms with Gasteiger partial charge in [0.15, 0.2) is 10.9 Å². The van der Waals surface area contributed by atoms with Crippen molar-refractivity contribution in [2.24, 2.45) is 0 Å². The van der Waals surface area contributed by atoms with E-state index >= 15 is 0 Å². The van der Waals surface area contributed by atoms with E-state index in [-0.39, 0.29) is 11.4 Å². The first-order chi connectivity index (χ1) is 8.27. The number of nitrogens with zero attached hydrogens (tertiary/aromatic N) is 1. The molecule has 2 aromatic rings. The van der Waals surface area contributed by atoms with Gasteiger partial charge < -0.3 is 5.32 Å². The van der Waals surface area contributed by atoms with Crippen LogP contribution in [-0.4, -0.2) is 15.2 Å². The Bertz CT molecular complexity index is 621. The molecule has 0 fully saturated rings. The molecule has 3 nitrogen and oxygen atoms in total. The van der Waals surface area contributed by atoms with Gasteiger partial charge in [-0.1, -0.05) is 43.2 Å². The van der Waals surface area contributed by atoms with Crippen molar-refractivity contribution in [3.05, 3.63) is 22.4 Å². The molecule has 0 radical (unpaired) electrons. The van der Waals surface area contributed by atoms with Crippen LogP contribution in [0.1, 0.15) is 13.8 Å². The number of nitrogens with one attached hydrogen (secondary N) is 1. The minimum absolute atomic E-state index is 0.221. The second-order valence-electron chi connectivity index (χ2n) is 4.18. The van der Waals surface area contributed by atoms with Crippen LogP contribution in [0.3, 0.4) is 0 Å². The molecule has 0 spiro atoms. The van der Waals surface area contributed by atoms with Crippen LogP contribution in [0.25, 0.3) is 10.2 Å². The van der Waals surface area contributed by atoms with Crippen LogP contribution in [0.5, 0.6) is 0 Å². The molecule has 1 aromatic carbocycles. The third-order valence-corrected chi connectivity index (χ3v) is 3.91. The van der Waals surface area contributed by atoms with Crippen molar-refractivity contribution in [2.45, 2.75) is 18.2 Å². The second kappa shape index (κ2) is 4.86. The van der Waals surface area contributed by atoms with Gasteiger partial charge >= 0.3 is 0 Å². The van der Waals surface area contributed by atoms with Gasteiger partial charge in [-0.25, -0.2) is 9.37 Å². The Morgan fingerprint density at radius 3 is 2.78 bits per heavy atom. The monoisotopic (exact) mass is 394 g/mol. The number of aromatic nitrogens is 1. The molecule has 1 aromatic heterocycles. The van der Waals surface area contributed by atoms with Gasteiger partial charge in [0.2, 0.25) is 5.91 Å². The van der Waals surface area contributed by atoms with E-state index in [1.165, 1.54) is 17.4 Å². The van der Waals surface area contributed by atoms with E-state index in [0.29, 0.717) is 14.3 Å². The summed E-state index contributed by atoms with van der Waals surface area (Å²) in [4.78, 5) is 15.8. The molecular weight excluding hydrogens is 387 g/mol. The van der Waals surface area contributed by atoms with Crippen molar-refractivity contribution in [3.63, 3.8) is 0 Å². The van der Waals surface area contributed by atoms with E-state index in [0.717, 1.165) is 0 Å². The zero-order chi connectivity index (χ0) is 13.5. The highest BCUT2D eigenvalue weighted by atomic mass is 79.9. The van der Waals surface area contributed by atoms with E-state index < -0.39 is 10.1 Å². The third-order valence-electron chi connectivity index (χ3n) is 2.17. The lowest BCUT2D eigenvalue weighted by Gasteiger charge is -2.13. The highest BCUT2D eigenvalue weighted by Crippen LogP contribution is 2.31. The molecule has 7 heteroatoms. The van der Waals surface area contributed by atoms with Crippen molar-refractivity contribution in [3.8, 4) is 0 Å². The number of fused-ring (bicyclic) bond motifs is 1. The quantitative estimate of drug-likeness (QED) is 0.769. The van der Waals surface area contributed by atoms with Gasteiger partial charge in [-0.05, 0) is 26.0 Å². The number of anilines is 1. The largest absolute Gasteiger partial charge is 0.301 e. The summed E-state index contributed by atoms with van der Waals surface area (Å²) in [7, 11) is 0. The van der Waals surface area contributed by atoms with Crippen LogP contribution in [0, 0.1) is 5.82 Å². The Morgan fingerprint density at radius 1 is 1.50 bits per heavy atom. The minimum Gasteiger partial charge on any atom is -0.301 e. The summed E-state index contributed by atoms with van der Waals surface area (Å²) in [5, 5.41) is 3.05. The molecule has 0 aliphatic rings. The molecule has 0 aliphatic carbocycles. The van der Waals surface area contributed by atoms with Gasteiger partial charge in [-0.2, -0.15) is 0 Å². The van der Waals surface area contributed by atoms with Gasteiger partial charge in [0.05, 0.1) is 9.02 Å². The van der Waals surface area contributed by atoms with Crippen LogP contribution in [0.2, 0.25) is 0 Å². The third kappa shape index (κ3) is 2.89. The Labute approximate surface area is 124 Å². The summed E-state index contributed by atoms with van der Waals surface area (Å²) in [5.74, 6) is -0.629. The molecule has 18 heavy (non-hydrogen) atoms. The van der Waals surface area contributed by atoms with Gasteiger partial charge in [0, 0.05) is 4.47 Å². The second-order valence-corrected chi connectivity index (χ2v) is 8.11. The Morgan fingerprint density at radius 2 is 2.17 bits per heavy atom. The predicted octanol–water partition coefficient (Wildman–Crippen LogP) is 4.31. The fourth-order valence-electron chi connectivity index (χ4n) is 1.26. The SMILES string of the molecule is CC(C)(Br)C(=O)Nc1nc2c(F)cc(Br)cc2s1. The number of amides is 1. The zero-order valence-electron chi connectivity index (χ0n) is 9.55. The molecule has 0 saturated carbocycles. The molecule has 1 amide bonds. The first-order valence-corrected chi connectivity index (χ1v) is 7.43. The highest BCUT2D eigenvalue weighted by molar-refractivity contribution is 9.10. The lowest BCUT2D eigenvalue weighted by atomic mass is 10.2. The minimum atomic E-state index is -0.690. The first kappa shape index (κ1) is 13.9. The van der Waals surface area contributed by atoms with Crippen LogP contribution < -0.4 is 5.32 Å². The number of hydrogen-bond acceptors (Lipinski definition) is 3. The maximum atomic E-state index is 13.6. The number of hydrogen-bond donors (Lipinski definition) is 1. The zero-order valence-corrected chi connectivity index (χ0v) is 13.5. The summed E-state index contributed by atoms with van der Waals surface area (Å²) >= 11 is 7.71. The van der Waals surface area contributed by atoms with Crippen LogP contribution in [0.4, 0.5) is 9.52 Å². The normalized spacial score (nSPS) is 11.8. The van der Waals surface area contributed by atoms with Crippen LogP contribution in [-0.2, 0) is 4.79 Å². The summed E-state index contributed by atoms with van der Waals surface area (Å²) in [5.41, 5.74) is 0.269. The Hall–Kier alpha value is -0.530. The molecule has 0 saturated heterocycles. The molecule has 1 N–H and O–H groups in total. The number of thiazole rings is 1. The molecule has 0 unspecified atom stereocenters. The maximum absolute atomic E-state index is 13.6. The van der Waals surface area contributed by atoms with Crippen molar-refractivity contribution in [1.82, 2.24) is 4.98 Å². The number of halogens is 3. The number of carbonyl (C=O) groups is 1. The van der Waals surface area contributed by atoms with Crippen molar-refractivity contribution >= 4 is 64.5 Å². The van der Waals surface area contributed by atoms with Crippen LogP contribution in [0.15, 0.2) is 16.6 Å². The van der Waals surface area contributed by atoms with Crippen molar-refractivity contribution in [1.29, 1.82) is 0 Å². The number of rotatable bonds is 2. The van der Waals surface area contributed by atoms with E-state index in [2.05, 4.69) is 42.2 Å². The fourth-order valence-corrected chi connectivity index (χ4v) is 2.85. The van der Waals surface area contributed by atoms with Gasteiger partial charge in [0.25, 0.3) is 0 Å². The maximum Gasteiger partial charge on any atom is 0.242 e. The highest BCUT2D eigenvalue weighted by Gasteiger charge is 2.24. The molecule has 96 valence electrons. The van der Waals surface area contributed by atoms with E-state index in [9.17, 15) is 9.18 Å². The molecule has 1 heterocycles. The topological polar surface area (TPSA) is 42.0 Å². The van der Waals surface area contributed by atoms with Crippen LogP contribution >= 0.6 is 43.2 Å². The molecule has 0 bridgehead atoms. The van der Waals surface area contributed by atoms with E-state index in [4.69, 9.17) is 0 Å². The van der Waals surface area contributed by atoms with E-state index in [1.807, 2.05) is 0 Å². The molecular formula is C11H9Br2FN2OS. The van der Waals surface area contributed by atoms with Gasteiger partial charge in [0.1, 0.15) is 5.52 Å². The van der Waals surface area contributed by atoms with Crippen molar-refractivity contribution in [2.75, 3.05) is 5.32 Å². The Kier molecular flexibility index (Phi) is 3.75. The fraction of sp³-hybridized carbons (Fsp3) is 0.273. The lowest BCUT2D eigenvalue weighted by molar-refractivity contribution is -0.117. The summed E-state index contributed by atoms with van der Waals surface area (Å²) in [6.45, 7) is 3.46. The number of carbonyl (C=O) groups excluding carboxylic acids is 1. The van der Waals surface area contributed by atoms with E-state index in [1.54, 1.807) is 19.9 Å². The smallest absolute Gasteiger partial charge is 0.242 e. The Balaban J connectivity index is 2.37. The van der Waals surface area contributed by atoms with Gasteiger partial charge in [-0.15, -0.1) is 0 Å². The summed E-state index contributed by atoms with van der Waals surface area (Å²) in [6.07, 6.45) is 0. The summed E-state index contributed by atoms with van der Waals surface area (Å²) in [6, 6.07) is 3.12. The molecule has 0 aliphatic heterocycles. The summed E-state index contributed by atoms with van der Waals surface area (Å²) < 4.78 is 14.3. The lowest BCUT2D eigenvalue weighted by Crippen LogP contribution is -2.30. The average molecular weight is 396 g/mol. The van der Waals surface area contributed by atoms with Gasteiger partial charge in [-0.3, -0.25) is 4.79 Å². The number of alkyl halides is 1. The number of benzene rings is 1. The van der Waals surface area contributed by atoms with Crippen molar-refractivity contribution < 1.29 is 9.18 Å².